The average Bonchev–Trinajstić information content (AvgIpc) is 2.47. The van der Waals surface area contributed by atoms with Gasteiger partial charge in [0, 0.05) is 18.7 Å². The van der Waals surface area contributed by atoms with E-state index in [2.05, 4.69) is 11.8 Å². The van der Waals surface area contributed by atoms with Crippen molar-refractivity contribution in [1.82, 2.24) is 4.90 Å². The van der Waals surface area contributed by atoms with Crippen molar-refractivity contribution >= 4 is 0 Å². The van der Waals surface area contributed by atoms with Crippen LogP contribution in [-0.4, -0.2) is 29.6 Å². The van der Waals surface area contributed by atoms with E-state index in [9.17, 15) is 9.50 Å². The Kier molecular flexibility index (Phi) is 5.55. The molecular weight excluding hydrogens is 253 g/mol. The average molecular weight is 279 g/mol. The normalized spacial score (nSPS) is 23.5. The maximum Gasteiger partial charge on any atom is 0.129 e. The molecule has 1 aromatic rings. The fraction of sp³-hybridized carbons (Fsp3) is 0.647. The van der Waals surface area contributed by atoms with Crippen LogP contribution in [0.2, 0.25) is 0 Å². The Balaban J connectivity index is 1.94. The van der Waals surface area contributed by atoms with Gasteiger partial charge in [0.25, 0.3) is 0 Å². The zero-order chi connectivity index (χ0) is 14.5. The highest BCUT2D eigenvalue weighted by molar-refractivity contribution is 5.20. The van der Waals surface area contributed by atoms with Crippen LogP contribution in [-0.2, 0) is 0 Å². The lowest BCUT2D eigenvalue weighted by Crippen LogP contribution is -2.39. The molecule has 0 radical (unpaired) electrons. The third-order valence-corrected chi connectivity index (χ3v) is 4.49. The van der Waals surface area contributed by atoms with E-state index < -0.39 is 6.10 Å². The highest BCUT2D eigenvalue weighted by Gasteiger charge is 2.24. The van der Waals surface area contributed by atoms with Crippen LogP contribution in [0, 0.1) is 17.7 Å². The lowest BCUT2D eigenvalue weighted by atomic mass is 9.92. The van der Waals surface area contributed by atoms with Crippen molar-refractivity contribution < 1.29 is 9.50 Å². The van der Waals surface area contributed by atoms with Gasteiger partial charge in [-0.1, -0.05) is 38.5 Å². The predicted octanol–water partition coefficient (Wildman–Crippen LogP) is 3.62. The van der Waals surface area contributed by atoms with Gasteiger partial charge in [0.1, 0.15) is 5.82 Å². The van der Waals surface area contributed by atoms with Crippen LogP contribution < -0.4 is 0 Å². The smallest absolute Gasteiger partial charge is 0.129 e. The molecule has 3 atom stereocenters. The van der Waals surface area contributed by atoms with E-state index in [-0.39, 0.29) is 11.7 Å². The number of likely N-dealkylation sites (tertiary alicyclic amines) is 1. The van der Waals surface area contributed by atoms with Gasteiger partial charge in [-0.2, -0.15) is 0 Å². The second kappa shape index (κ2) is 7.19. The molecule has 1 aromatic carbocycles. The van der Waals surface area contributed by atoms with E-state index in [0.29, 0.717) is 5.56 Å². The molecule has 0 aliphatic carbocycles. The molecule has 1 saturated heterocycles. The third kappa shape index (κ3) is 3.80. The Morgan fingerprint density at radius 1 is 1.40 bits per heavy atom. The van der Waals surface area contributed by atoms with Crippen molar-refractivity contribution in [1.29, 1.82) is 0 Å². The molecule has 0 bridgehead atoms. The zero-order valence-corrected chi connectivity index (χ0v) is 12.6. The summed E-state index contributed by atoms with van der Waals surface area (Å²) in [5.74, 6) is 0.515. The minimum atomic E-state index is -0.724. The van der Waals surface area contributed by atoms with Gasteiger partial charge in [-0.05, 0) is 37.3 Å². The predicted molar refractivity (Wildman–Crippen MR) is 80.0 cm³/mol. The van der Waals surface area contributed by atoms with Crippen LogP contribution in [0.3, 0.4) is 0 Å². The summed E-state index contributed by atoms with van der Waals surface area (Å²) in [5.41, 5.74) is 0.420. The third-order valence-electron chi connectivity index (χ3n) is 4.49. The lowest BCUT2D eigenvalue weighted by molar-refractivity contribution is 0.0693. The highest BCUT2D eigenvalue weighted by atomic mass is 19.1. The summed E-state index contributed by atoms with van der Waals surface area (Å²) in [4.78, 5) is 2.42. The molecule has 1 heterocycles. The standard InChI is InChI=1S/C17H26FNO/c1-3-14-7-6-10-19(12-14)11-13(2)17(20)15-8-4-5-9-16(15)18/h4-5,8-9,13-14,17,20H,3,6-7,10-12H2,1-2H3. The molecule has 0 amide bonds. The van der Waals surface area contributed by atoms with E-state index in [1.165, 1.54) is 25.3 Å². The SMILES string of the molecule is CCC1CCCN(CC(C)C(O)c2ccccc2F)C1. The molecule has 1 aliphatic heterocycles. The summed E-state index contributed by atoms with van der Waals surface area (Å²) in [6, 6.07) is 6.54. The molecule has 1 fully saturated rings. The van der Waals surface area contributed by atoms with Crippen molar-refractivity contribution in [2.75, 3.05) is 19.6 Å². The minimum absolute atomic E-state index is 0.0440. The first-order valence-electron chi connectivity index (χ1n) is 7.76. The Labute approximate surface area is 121 Å². The monoisotopic (exact) mass is 279 g/mol. The molecule has 0 spiro atoms. The molecule has 3 heteroatoms. The van der Waals surface area contributed by atoms with Crippen LogP contribution in [0.25, 0.3) is 0 Å². The number of aliphatic hydroxyl groups is 1. The second-order valence-electron chi connectivity index (χ2n) is 6.12. The van der Waals surface area contributed by atoms with Gasteiger partial charge >= 0.3 is 0 Å². The summed E-state index contributed by atoms with van der Waals surface area (Å²) in [6.07, 6.45) is 3.05. The van der Waals surface area contributed by atoms with Crippen LogP contribution >= 0.6 is 0 Å². The van der Waals surface area contributed by atoms with Gasteiger partial charge < -0.3 is 10.0 Å². The van der Waals surface area contributed by atoms with E-state index in [4.69, 9.17) is 0 Å². The Morgan fingerprint density at radius 2 is 2.15 bits per heavy atom. The molecule has 2 nitrogen and oxygen atoms in total. The lowest BCUT2D eigenvalue weighted by Gasteiger charge is -2.35. The van der Waals surface area contributed by atoms with E-state index >= 15 is 0 Å². The van der Waals surface area contributed by atoms with Gasteiger partial charge in [0.15, 0.2) is 0 Å². The first kappa shape index (κ1) is 15.5. The summed E-state index contributed by atoms with van der Waals surface area (Å²) >= 11 is 0. The Morgan fingerprint density at radius 3 is 2.85 bits per heavy atom. The van der Waals surface area contributed by atoms with Gasteiger partial charge in [-0.25, -0.2) is 4.39 Å². The van der Waals surface area contributed by atoms with Crippen molar-refractivity contribution in [3.05, 3.63) is 35.6 Å². The molecular formula is C17H26FNO. The summed E-state index contributed by atoms with van der Waals surface area (Å²) in [6.45, 7) is 7.31. The van der Waals surface area contributed by atoms with Crippen LogP contribution in [0.4, 0.5) is 4.39 Å². The number of nitrogens with zero attached hydrogens (tertiary/aromatic N) is 1. The summed E-state index contributed by atoms with van der Waals surface area (Å²) < 4.78 is 13.7. The number of rotatable bonds is 5. The topological polar surface area (TPSA) is 23.5 Å². The molecule has 1 aliphatic rings. The molecule has 20 heavy (non-hydrogen) atoms. The second-order valence-corrected chi connectivity index (χ2v) is 6.12. The first-order chi connectivity index (χ1) is 9.61. The zero-order valence-electron chi connectivity index (χ0n) is 12.6. The number of piperidine rings is 1. The Bertz CT molecular complexity index is 423. The molecule has 0 saturated carbocycles. The van der Waals surface area contributed by atoms with Crippen molar-refractivity contribution in [3.63, 3.8) is 0 Å². The van der Waals surface area contributed by atoms with Gasteiger partial charge in [0.05, 0.1) is 6.10 Å². The number of halogens is 1. The van der Waals surface area contributed by atoms with Gasteiger partial charge in [-0.3, -0.25) is 0 Å². The van der Waals surface area contributed by atoms with Crippen LogP contribution in [0.15, 0.2) is 24.3 Å². The molecule has 112 valence electrons. The fourth-order valence-electron chi connectivity index (χ4n) is 3.18. The number of hydrogen-bond donors (Lipinski definition) is 1. The van der Waals surface area contributed by atoms with E-state index in [0.717, 1.165) is 25.6 Å². The summed E-state index contributed by atoms with van der Waals surface area (Å²) in [5, 5.41) is 10.4. The quantitative estimate of drug-likeness (QED) is 0.890. The number of hydrogen-bond acceptors (Lipinski definition) is 2. The highest BCUT2D eigenvalue weighted by Crippen LogP contribution is 2.27. The largest absolute Gasteiger partial charge is 0.388 e. The van der Waals surface area contributed by atoms with Crippen molar-refractivity contribution in [2.24, 2.45) is 11.8 Å². The molecule has 3 unspecified atom stereocenters. The van der Waals surface area contributed by atoms with E-state index in [1.807, 2.05) is 6.92 Å². The number of aliphatic hydroxyl groups excluding tert-OH is 1. The molecule has 0 aromatic heterocycles. The maximum atomic E-state index is 13.7. The maximum absolute atomic E-state index is 13.7. The first-order valence-corrected chi connectivity index (χ1v) is 7.76. The van der Waals surface area contributed by atoms with Gasteiger partial charge in [0.2, 0.25) is 0 Å². The summed E-state index contributed by atoms with van der Waals surface area (Å²) in [7, 11) is 0. The van der Waals surface area contributed by atoms with Gasteiger partial charge in [-0.15, -0.1) is 0 Å². The van der Waals surface area contributed by atoms with Crippen molar-refractivity contribution in [2.45, 2.75) is 39.2 Å². The van der Waals surface area contributed by atoms with Crippen LogP contribution in [0.1, 0.15) is 44.8 Å². The number of benzene rings is 1. The van der Waals surface area contributed by atoms with Crippen molar-refractivity contribution in [3.8, 4) is 0 Å². The van der Waals surface area contributed by atoms with Crippen LogP contribution in [0.5, 0.6) is 0 Å². The van der Waals surface area contributed by atoms with E-state index in [1.54, 1.807) is 18.2 Å². The fourth-order valence-corrected chi connectivity index (χ4v) is 3.18. The Hall–Kier alpha value is -0.930. The minimum Gasteiger partial charge on any atom is -0.388 e. The molecule has 2 rings (SSSR count). The molecule has 1 N–H and O–H groups in total.